The maximum atomic E-state index is 10.2. The molecule has 0 saturated heterocycles. The van der Waals surface area contributed by atoms with Crippen LogP contribution in [0.1, 0.15) is 104 Å². The maximum absolute atomic E-state index is 10.2. The highest BCUT2D eigenvalue weighted by molar-refractivity contribution is 5.76. The Bertz CT molecular complexity index is 403. The average molecular weight is 366 g/mol. The molecule has 0 aromatic heterocycles. The lowest BCUT2D eigenvalue weighted by molar-refractivity contribution is -0.882. The zero-order valence-electron chi connectivity index (χ0n) is 17.9. The van der Waals surface area contributed by atoms with Crippen molar-refractivity contribution in [3.63, 3.8) is 0 Å². The van der Waals surface area contributed by atoms with Gasteiger partial charge in [0.05, 0.1) is 13.1 Å². The molecule has 0 aromatic carbocycles. The zero-order valence-corrected chi connectivity index (χ0v) is 17.9. The van der Waals surface area contributed by atoms with Crippen LogP contribution in [-0.4, -0.2) is 41.3 Å². The molecule has 0 bridgehead atoms. The molecule has 26 heavy (non-hydrogen) atoms. The van der Waals surface area contributed by atoms with Crippen molar-refractivity contribution in [2.75, 3.05) is 19.6 Å². The van der Waals surface area contributed by atoms with Gasteiger partial charge in [-0.15, -0.1) is 0 Å². The molecule has 0 amide bonds. The standard InChI is InChI=1S/C23H45N2O/c1-4-6-7-8-9-10-11-12-13-14-15-16-17-18-19-23-24-20-21-25(23,5-2)22(3)26/h6-7,22,26H,4-5,8-21H2,1-3H3/q+1/b7-6+. The molecule has 1 rings (SSSR count). The van der Waals surface area contributed by atoms with E-state index in [-0.39, 0.29) is 6.23 Å². The predicted molar refractivity (Wildman–Crippen MR) is 114 cm³/mol. The third-order valence-corrected chi connectivity index (χ3v) is 6.01. The van der Waals surface area contributed by atoms with Gasteiger partial charge in [-0.2, -0.15) is 0 Å². The van der Waals surface area contributed by atoms with E-state index in [1.54, 1.807) is 0 Å². The largest absolute Gasteiger partial charge is 0.345 e. The van der Waals surface area contributed by atoms with Gasteiger partial charge in [0, 0.05) is 13.3 Å². The van der Waals surface area contributed by atoms with Crippen LogP contribution in [0.2, 0.25) is 0 Å². The Kier molecular flexibility index (Phi) is 12.9. The molecule has 0 spiro atoms. The molecule has 1 heterocycles. The van der Waals surface area contributed by atoms with E-state index in [0.29, 0.717) is 4.48 Å². The number of aliphatic imine (C=N–C) groups is 1. The Morgan fingerprint density at radius 1 is 0.923 bits per heavy atom. The molecule has 0 aliphatic carbocycles. The van der Waals surface area contributed by atoms with Gasteiger partial charge in [0.15, 0.2) is 6.23 Å². The first-order chi connectivity index (χ1) is 12.7. The van der Waals surface area contributed by atoms with Gasteiger partial charge in [0.25, 0.3) is 0 Å². The molecule has 1 aliphatic heterocycles. The number of aliphatic hydroxyl groups is 1. The summed E-state index contributed by atoms with van der Waals surface area (Å²) in [6.07, 6.45) is 21.5. The Morgan fingerprint density at radius 2 is 1.50 bits per heavy atom. The first kappa shape index (κ1) is 23.4. The van der Waals surface area contributed by atoms with E-state index in [2.05, 4.69) is 26.0 Å². The van der Waals surface area contributed by atoms with Gasteiger partial charge < -0.3 is 5.11 Å². The van der Waals surface area contributed by atoms with Crippen LogP contribution in [0.5, 0.6) is 0 Å². The molecule has 152 valence electrons. The van der Waals surface area contributed by atoms with E-state index in [1.807, 2.05) is 6.92 Å². The fourth-order valence-electron chi connectivity index (χ4n) is 4.18. The first-order valence-electron chi connectivity index (χ1n) is 11.4. The van der Waals surface area contributed by atoms with Gasteiger partial charge >= 0.3 is 0 Å². The molecule has 2 unspecified atom stereocenters. The zero-order chi connectivity index (χ0) is 19.1. The van der Waals surface area contributed by atoms with Gasteiger partial charge in [0.1, 0.15) is 6.54 Å². The van der Waals surface area contributed by atoms with Crippen LogP contribution in [0, 0.1) is 0 Å². The van der Waals surface area contributed by atoms with Crippen molar-refractivity contribution in [3.8, 4) is 0 Å². The quantitative estimate of drug-likeness (QED) is 0.196. The number of hydrogen-bond donors (Lipinski definition) is 1. The van der Waals surface area contributed by atoms with Crippen LogP contribution in [0.25, 0.3) is 0 Å². The number of amidine groups is 1. The molecule has 1 aliphatic rings. The van der Waals surface area contributed by atoms with Gasteiger partial charge in [-0.25, -0.2) is 4.99 Å². The Labute approximate surface area is 163 Å². The molecule has 0 saturated carbocycles. The van der Waals surface area contributed by atoms with Crippen LogP contribution in [0.15, 0.2) is 17.1 Å². The third kappa shape index (κ3) is 8.35. The highest BCUT2D eigenvalue weighted by Gasteiger charge is 2.40. The highest BCUT2D eigenvalue weighted by atomic mass is 16.3. The molecule has 3 nitrogen and oxygen atoms in total. The summed E-state index contributed by atoms with van der Waals surface area (Å²) in [5.74, 6) is 1.25. The summed E-state index contributed by atoms with van der Waals surface area (Å²) in [6.45, 7) is 9.14. The van der Waals surface area contributed by atoms with E-state index in [4.69, 9.17) is 4.99 Å². The predicted octanol–water partition coefficient (Wildman–Crippen LogP) is 6.22. The van der Waals surface area contributed by atoms with Gasteiger partial charge in [0.2, 0.25) is 5.84 Å². The normalized spacial score (nSPS) is 21.5. The van der Waals surface area contributed by atoms with Crippen LogP contribution in [0.4, 0.5) is 0 Å². The average Bonchev–Trinajstić information content (AvgIpc) is 3.06. The number of quaternary nitrogens is 1. The summed E-state index contributed by atoms with van der Waals surface area (Å²) >= 11 is 0. The Balaban J connectivity index is 1.94. The first-order valence-corrected chi connectivity index (χ1v) is 11.4. The minimum Gasteiger partial charge on any atom is -0.345 e. The van der Waals surface area contributed by atoms with E-state index in [0.717, 1.165) is 26.1 Å². The lowest BCUT2D eigenvalue weighted by Gasteiger charge is -2.36. The number of allylic oxidation sites excluding steroid dienone is 2. The summed E-state index contributed by atoms with van der Waals surface area (Å²) < 4.78 is 0.717. The van der Waals surface area contributed by atoms with Gasteiger partial charge in [-0.3, -0.25) is 4.48 Å². The summed E-state index contributed by atoms with van der Waals surface area (Å²) in [4.78, 5) is 4.71. The minimum atomic E-state index is -0.316. The van der Waals surface area contributed by atoms with E-state index in [1.165, 1.54) is 82.9 Å². The third-order valence-electron chi connectivity index (χ3n) is 6.01. The van der Waals surface area contributed by atoms with E-state index in [9.17, 15) is 5.11 Å². The monoisotopic (exact) mass is 365 g/mol. The van der Waals surface area contributed by atoms with E-state index >= 15 is 0 Å². The molecule has 0 radical (unpaired) electrons. The van der Waals surface area contributed by atoms with Crippen LogP contribution in [0.3, 0.4) is 0 Å². The SMILES string of the molecule is CC/C=C/CCCCCCCCCCCCC1=NCC[N+]1(CC)C(C)O. The summed E-state index contributed by atoms with van der Waals surface area (Å²) in [6, 6.07) is 0. The fraction of sp³-hybridized carbons (Fsp3) is 0.870. The number of likely N-dealkylation sites (N-methyl/N-ethyl adjacent to an activating group) is 1. The number of unbranched alkanes of at least 4 members (excludes halogenated alkanes) is 10. The van der Waals surface area contributed by atoms with Gasteiger partial charge in [-0.1, -0.05) is 70.4 Å². The van der Waals surface area contributed by atoms with Crippen LogP contribution < -0.4 is 0 Å². The fourth-order valence-corrected chi connectivity index (χ4v) is 4.18. The van der Waals surface area contributed by atoms with Crippen molar-refractivity contribution < 1.29 is 9.59 Å². The molecule has 0 aromatic rings. The second kappa shape index (κ2) is 14.4. The second-order valence-corrected chi connectivity index (χ2v) is 7.96. The van der Waals surface area contributed by atoms with Crippen molar-refractivity contribution in [2.45, 2.75) is 110 Å². The number of rotatable bonds is 16. The van der Waals surface area contributed by atoms with Crippen LogP contribution >= 0.6 is 0 Å². The van der Waals surface area contributed by atoms with Gasteiger partial charge in [-0.05, 0) is 32.6 Å². The Hall–Kier alpha value is -0.670. The molecule has 2 atom stereocenters. The highest BCUT2D eigenvalue weighted by Crippen LogP contribution is 2.23. The van der Waals surface area contributed by atoms with E-state index < -0.39 is 0 Å². The summed E-state index contributed by atoms with van der Waals surface area (Å²) in [7, 11) is 0. The van der Waals surface area contributed by atoms with Crippen molar-refractivity contribution in [2.24, 2.45) is 4.99 Å². The van der Waals surface area contributed by atoms with Crippen LogP contribution in [-0.2, 0) is 0 Å². The lowest BCUT2D eigenvalue weighted by Crippen LogP contribution is -2.56. The number of nitrogens with zero attached hydrogens (tertiary/aromatic N) is 2. The summed E-state index contributed by atoms with van der Waals surface area (Å²) in [5, 5.41) is 10.2. The Morgan fingerprint density at radius 3 is 2.04 bits per heavy atom. The van der Waals surface area contributed by atoms with Crippen molar-refractivity contribution in [3.05, 3.63) is 12.2 Å². The van der Waals surface area contributed by atoms with Crippen molar-refractivity contribution in [1.29, 1.82) is 0 Å². The molecular formula is C23H45N2O+. The molecule has 0 fully saturated rings. The summed E-state index contributed by atoms with van der Waals surface area (Å²) in [5.41, 5.74) is 0. The molecule has 1 N–H and O–H groups in total. The maximum Gasteiger partial charge on any atom is 0.200 e. The topological polar surface area (TPSA) is 32.6 Å². The number of hydrogen-bond acceptors (Lipinski definition) is 2. The van der Waals surface area contributed by atoms with Crippen molar-refractivity contribution in [1.82, 2.24) is 0 Å². The molecule has 3 heteroatoms. The number of aliphatic hydroxyl groups excluding tert-OH is 1. The smallest absolute Gasteiger partial charge is 0.200 e. The molecular weight excluding hydrogens is 320 g/mol. The second-order valence-electron chi connectivity index (χ2n) is 7.96. The van der Waals surface area contributed by atoms with Crippen molar-refractivity contribution >= 4 is 5.84 Å². The minimum absolute atomic E-state index is 0.316. The lowest BCUT2D eigenvalue weighted by atomic mass is 10.0.